The van der Waals surface area contributed by atoms with Gasteiger partial charge in [-0.25, -0.2) is 0 Å². The molecule has 2 aromatic carbocycles. The monoisotopic (exact) mass is 255 g/mol. The van der Waals surface area contributed by atoms with Crippen LogP contribution in [0, 0.1) is 6.92 Å². The predicted molar refractivity (Wildman–Crippen MR) is 76.2 cm³/mol. The Labute approximate surface area is 112 Å². The zero-order valence-corrected chi connectivity index (χ0v) is 10.9. The van der Waals surface area contributed by atoms with Crippen LogP contribution in [0.5, 0.6) is 5.75 Å². The van der Waals surface area contributed by atoms with Gasteiger partial charge in [-0.3, -0.25) is 4.79 Å². The van der Waals surface area contributed by atoms with E-state index in [0.29, 0.717) is 18.5 Å². The van der Waals surface area contributed by atoms with Crippen LogP contribution in [0.1, 0.15) is 17.5 Å². The molecule has 3 heteroatoms. The van der Waals surface area contributed by atoms with E-state index in [0.717, 1.165) is 11.1 Å². The number of hydrogen-bond donors (Lipinski definition) is 2. The minimum atomic E-state index is -0.0894. The van der Waals surface area contributed by atoms with E-state index >= 15 is 0 Å². The second-order valence-electron chi connectivity index (χ2n) is 4.50. The quantitative estimate of drug-likeness (QED) is 0.824. The van der Waals surface area contributed by atoms with E-state index < -0.39 is 0 Å². The third-order valence-electron chi connectivity index (χ3n) is 3.00. The molecular formula is C16H17NO2. The number of aromatic hydroxyl groups is 1. The van der Waals surface area contributed by atoms with Gasteiger partial charge in [-0.1, -0.05) is 42.5 Å². The standard InChI is InChI=1S/C16H17NO2/c1-12-6-5-9-14(18)16(12)17-15(19)11-10-13-7-3-2-4-8-13/h2-9,18H,10-11H2,1H3,(H,17,19). The molecule has 0 radical (unpaired) electrons. The molecule has 2 aromatic rings. The molecule has 19 heavy (non-hydrogen) atoms. The Hall–Kier alpha value is -2.29. The summed E-state index contributed by atoms with van der Waals surface area (Å²) in [5.74, 6) is 0.0153. The third kappa shape index (κ3) is 3.58. The highest BCUT2D eigenvalue weighted by atomic mass is 16.3. The number of carbonyl (C=O) groups is 1. The topological polar surface area (TPSA) is 49.3 Å². The lowest BCUT2D eigenvalue weighted by atomic mass is 10.1. The normalized spacial score (nSPS) is 10.2. The minimum Gasteiger partial charge on any atom is -0.506 e. The fourth-order valence-corrected chi connectivity index (χ4v) is 1.92. The van der Waals surface area contributed by atoms with Crippen LogP contribution >= 0.6 is 0 Å². The largest absolute Gasteiger partial charge is 0.506 e. The van der Waals surface area contributed by atoms with Crippen LogP contribution in [0.2, 0.25) is 0 Å². The highest BCUT2D eigenvalue weighted by Gasteiger charge is 2.08. The van der Waals surface area contributed by atoms with E-state index in [4.69, 9.17) is 0 Å². The summed E-state index contributed by atoms with van der Waals surface area (Å²) >= 11 is 0. The van der Waals surface area contributed by atoms with Crippen LogP contribution in [0.4, 0.5) is 5.69 Å². The van der Waals surface area contributed by atoms with Crippen molar-refractivity contribution < 1.29 is 9.90 Å². The van der Waals surface area contributed by atoms with E-state index in [1.165, 1.54) is 0 Å². The molecule has 0 saturated heterocycles. The number of phenolic OH excluding ortho intramolecular Hbond substituents is 1. The van der Waals surface area contributed by atoms with Crippen molar-refractivity contribution in [3.05, 3.63) is 59.7 Å². The maximum absolute atomic E-state index is 11.9. The zero-order chi connectivity index (χ0) is 13.7. The first kappa shape index (κ1) is 13.1. The molecular weight excluding hydrogens is 238 g/mol. The number of rotatable bonds is 4. The smallest absolute Gasteiger partial charge is 0.224 e. The molecule has 0 aliphatic heterocycles. The van der Waals surface area contributed by atoms with Crippen LogP contribution < -0.4 is 5.32 Å². The summed E-state index contributed by atoms with van der Waals surface area (Å²) < 4.78 is 0. The number of hydrogen-bond acceptors (Lipinski definition) is 2. The van der Waals surface area contributed by atoms with Crippen LogP contribution in [-0.2, 0) is 11.2 Å². The lowest BCUT2D eigenvalue weighted by Gasteiger charge is -2.10. The summed E-state index contributed by atoms with van der Waals surface area (Å²) in [6.45, 7) is 1.85. The third-order valence-corrected chi connectivity index (χ3v) is 3.00. The molecule has 0 unspecified atom stereocenters. The number of aryl methyl sites for hydroxylation is 2. The van der Waals surface area contributed by atoms with E-state index in [-0.39, 0.29) is 11.7 Å². The van der Waals surface area contributed by atoms with E-state index in [1.54, 1.807) is 12.1 Å². The summed E-state index contributed by atoms with van der Waals surface area (Å²) in [6.07, 6.45) is 1.09. The van der Waals surface area contributed by atoms with Crippen molar-refractivity contribution in [1.82, 2.24) is 0 Å². The van der Waals surface area contributed by atoms with Gasteiger partial charge in [0.2, 0.25) is 5.91 Å². The van der Waals surface area contributed by atoms with Gasteiger partial charge in [0.05, 0.1) is 5.69 Å². The molecule has 0 fully saturated rings. The average molecular weight is 255 g/mol. The molecule has 0 spiro atoms. The summed E-state index contributed by atoms with van der Waals surface area (Å²) in [5.41, 5.74) is 2.49. The maximum Gasteiger partial charge on any atom is 0.224 e. The highest BCUT2D eigenvalue weighted by Crippen LogP contribution is 2.26. The first-order valence-electron chi connectivity index (χ1n) is 6.29. The SMILES string of the molecule is Cc1cccc(O)c1NC(=O)CCc1ccccc1. The van der Waals surface area contributed by atoms with Crippen molar-refractivity contribution in [2.24, 2.45) is 0 Å². The summed E-state index contributed by atoms with van der Waals surface area (Å²) in [5, 5.41) is 12.5. The molecule has 0 saturated carbocycles. The van der Waals surface area contributed by atoms with Gasteiger partial charge in [-0.15, -0.1) is 0 Å². The van der Waals surface area contributed by atoms with Crippen molar-refractivity contribution in [3.63, 3.8) is 0 Å². The molecule has 0 aliphatic carbocycles. The van der Waals surface area contributed by atoms with E-state index in [2.05, 4.69) is 5.32 Å². The van der Waals surface area contributed by atoms with Gasteiger partial charge in [0, 0.05) is 6.42 Å². The number of nitrogens with one attached hydrogen (secondary N) is 1. The predicted octanol–water partition coefficient (Wildman–Crippen LogP) is 3.27. The van der Waals surface area contributed by atoms with Crippen LogP contribution in [0.15, 0.2) is 48.5 Å². The first-order valence-corrected chi connectivity index (χ1v) is 6.29. The van der Waals surface area contributed by atoms with Crippen molar-refractivity contribution in [2.75, 3.05) is 5.32 Å². The molecule has 3 nitrogen and oxygen atoms in total. The molecule has 1 amide bonds. The second-order valence-corrected chi connectivity index (χ2v) is 4.50. The summed E-state index contributed by atoms with van der Waals surface area (Å²) in [7, 11) is 0. The molecule has 2 rings (SSSR count). The van der Waals surface area contributed by atoms with Gasteiger partial charge in [0.15, 0.2) is 0 Å². The molecule has 0 aliphatic rings. The second kappa shape index (κ2) is 6.05. The molecule has 0 atom stereocenters. The van der Waals surface area contributed by atoms with Gasteiger partial charge >= 0.3 is 0 Å². The number of para-hydroxylation sites is 1. The van der Waals surface area contributed by atoms with Crippen molar-refractivity contribution in [1.29, 1.82) is 0 Å². The molecule has 0 bridgehead atoms. The Morgan fingerprint density at radius 1 is 1.11 bits per heavy atom. The minimum absolute atomic E-state index is 0.0894. The zero-order valence-electron chi connectivity index (χ0n) is 10.9. The van der Waals surface area contributed by atoms with Gasteiger partial charge in [-0.05, 0) is 30.5 Å². The van der Waals surface area contributed by atoms with Crippen molar-refractivity contribution in [3.8, 4) is 5.75 Å². The van der Waals surface area contributed by atoms with Crippen LogP contribution in [0.3, 0.4) is 0 Å². The Morgan fingerprint density at radius 3 is 2.53 bits per heavy atom. The Kier molecular flexibility index (Phi) is 4.18. The Morgan fingerprint density at radius 2 is 1.84 bits per heavy atom. The van der Waals surface area contributed by atoms with Gasteiger partial charge in [-0.2, -0.15) is 0 Å². The first-order chi connectivity index (χ1) is 9.16. The summed E-state index contributed by atoms with van der Waals surface area (Å²) in [4.78, 5) is 11.9. The lowest BCUT2D eigenvalue weighted by Crippen LogP contribution is -2.13. The highest BCUT2D eigenvalue weighted by molar-refractivity contribution is 5.93. The van der Waals surface area contributed by atoms with Crippen molar-refractivity contribution >= 4 is 11.6 Å². The van der Waals surface area contributed by atoms with Crippen LogP contribution in [0.25, 0.3) is 0 Å². The summed E-state index contributed by atoms with van der Waals surface area (Å²) in [6, 6.07) is 15.0. The number of carbonyl (C=O) groups excluding carboxylic acids is 1. The molecule has 0 heterocycles. The fourth-order valence-electron chi connectivity index (χ4n) is 1.92. The number of anilines is 1. The van der Waals surface area contributed by atoms with E-state index in [1.807, 2.05) is 43.3 Å². The molecule has 0 aromatic heterocycles. The van der Waals surface area contributed by atoms with Gasteiger partial charge in [0.1, 0.15) is 5.75 Å². The Balaban J connectivity index is 1.95. The van der Waals surface area contributed by atoms with Crippen molar-refractivity contribution in [2.45, 2.75) is 19.8 Å². The van der Waals surface area contributed by atoms with Gasteiger partial charge < -0.3 is 10.4 Å². The molecule has 98 valence electrons. The maximum atomic E-state index is 11.9. The van der Waals surface area contributed by atoms with E-state index in [9.17, 15) is 9.90 Å². The Bertz CT molecular complexity index is 544. The fraction of sp³-hybridized carbons (Fsp3) is 0.188. The number of phenols is 1. The number of amides is 1. The van der Waals surface area contributed by atoms with Gasteiger partial charge in [0.25, 0.3) is 0 Å². The average Bonchev–Trinajstić information content (AvgIpc) is 2.42. The van der Waals surface area contributed by atoms with Crippen LogP contribution in [-0.4, -0.2) is 11.0 Å². The number of benzene rings is 2. The lowest BCUT2D eigenvalue weighted by molar-refractivity contribution is -0.116. The molecule has 2 N–H and O–H groups in total.